The Balaban J connectivity index is 1.48. The van der Waals surface area contributed by atoms with Gasteiger partial charge in [0.2, 0.25) is 0 Å². The molecule has 0 aromatic heterocycles. The molecule has 1 aromatic rings. The molecule has 0 bridgehead atoms. The van der Waals surface area contributed by atoms with E-state index in [9.17, 15) is 0 Å². The van der Waals surface area contributed by atoms with Crippen molar-refractivity contribution in [3.05, 3.63) is 24.3 Å². The number of benzene rings is 1. The number of likely N-dealkylation sites (N-methyl/N-ethyl adjacent to an activating group) is 1. The summed E-state index contributed by atoms with van der Waals surface area (Å²) < 4.78 is 5.86. The van der Waals surface area contributed by atoms with Crippen molar-refractivity contribution < 1.29 is 4.74 Å². The smallest absolute Gasteiger partial charge is 0.0829 e. The van der Waals surface area contributed by atoms with Gasteiger partial charge < -0.3 is 20.3 Å². The molecule has 2 heterocycles. The largest absolute Gasteiger partial charge is 0.399 e. The third kappa shape index (κ3) is 3.87. The fraction of sp³-hybridized carbons (Fsp3) is 0.625. The van der Waals surface area contributed by atoms with Crippen molar-refractivity contribution in [1.82, 2.24) is 9.80 Å². The summed E-state index contributed by atoms with van der Waals surface area (Å²) >= 11 is 0. The van der Waals surface area contributed by atoms with Crippen LogP contribution in [-0.4, -0.2) is 75.4 Å². The van der Waals surface area contributed by atoms with Crippen LogP contribution in [-0.2, 0) is 4.74 Å². The Morgan fingerprint density at radius 2 is 2.00 bits per heavy atom. The van der Waals surface area contributed by atoms with Crippen LogP contribution in [0.5, 0.6) is 0 Å². The van der Waals surface area contributed by atoms with E-state index >= 15 is 0 Å². The number of hydrogen-bond acceptors (Lipinski definition) is 5. The Labute approximate surface area is 127 Å². The summed E-state index contributed by atoms with van der Waals surface area (Å²) in [5.41, 5.74) is 7.95. The standard InChI is InChI=1S/C16H26N4O/c1-18-9-10-21-16(12-18)13-19-5-7-20(8-6-19)15-4-2-3-14(17)11-15/h2-4,11,16H,5-10,12-13,17H2,1H3. The Bertz CT molecular complexity index is 459. The van der Waals surface area contributed by atoms with Gasteiger partial charge in [0.05, 0.1) is 12.7 Å². The number of nitrogen functional groups attached to an aromatic ring is 1. The summed E-state index contributed by atoms with van der Waals surface area (Å²) in [5.74, 6) is 0. The molecule has 0 amide bonds. The minimum absolute atomic E-state index is 0.364. The van der Waals surface area contributed by atoms with Gasteiger partial charge in [0.1, 0.15) is 0 Å². The summed E-state index contributed by atoms with van der Waals surface area (Å²) in [6, 6.07) is 8.18. The molecule has 2 aliphatic rings. The van der Waals surface area contributed by atoms with Crippen LogP contribution >= 0.6 is 0 Å². The molecule has 1 atom stereocenters. The zero-order chi connectivity index (χ0) is 14.7. The lowest BCUT2D eigenvalue weighted by atomic mass is 10.2. The van der Waals surface area contributed by atoms with E-state index in [1.165, 1.54) is 5.69 Å². The number of ether oxygens (including phenoxy) is 1. The third-order valence-corrected chi connectivity index (χ3v) is 4.41. The zero-order valence-corrected chi connectivity index (χ0v) is 12.9. The maximum Gasteiger partial charge on any atom is 0.0829 e. The number of hydrogen-bond donors (Lipinski definition) is 1. The molecule has 3 rings (SSSR count). The molecule has 21 heavy (non-hydrogen) atoms. The summed E-state index contributed by atoms with van der Waals surface area (Å²) in [6.07, 6.45) is 0.364. The maximum atomic E-state index is 5.87. The van der Waals surface area contributed by atoms with Crippen molar-refractivity contribution in [3.63, 3.8) is 0 Å². The Morgan fingerprint density at radius 1 is 1.19 bits per heavy atom. The molecule has 0 radical (unpaired) electrons. The van der Waals surface area contributed by atoms with Crippen LogP contribution in [0.3, 0.4) is 0 Å². The first-order valence-electron chi connectivity index (χ1n) is 7.84. The average Bonchev–Trinajstić information content (AvgIpc) is 2.48. The van der Waals surface area contributed by atoms with Crippen LogP contribution in [0.15, 0.2) is 24.3 Å². The van der Waals surface area contributed by atoms with E-state index in [4.69, 9.17) is 10.5 Å². The Kier molecular flexibility index (Phi) is 4.63. The summed E-state index contributed by atoms with van der Waals surface area (Å²) in [4.78, 5) is 7.30. The van der Waals surface area contributed by atoms with Crippen LogP contribution in [0, 0.1) is 0 Å². The second kappa shape index (κ2) is 6.64. The second-order valence-corrected chi connectivity index (χ2v) is 6.14. The highest BCUT2D eigenvalue weighted by molar-refractivity contribution is 5.56. The number of anilines is 2. The van der Waals surface area contributed by atoms with Crippen molar-refractivity contribution in [3.8, 4) is 0 Å². The maximum absolute atomic E-state index is 5.87. The molecule has 2 fully saturated rings. The topological polar surface area (TPSA) is 45.0 Å². The van der Waals surface area contributed by atoms with Gasteiger partial charge in [-0.25, -0.2) is 0 Å². The van der Waals surface area contributed by atoms with Gasteiger partial charge in [-0.15, -0.1) is 0 Å². The van der Waals surface area contributed by atoms with Gasteiger partial charge in [-0.3, -0.25) is 4.90 Å². The molecule has 0 aliphatic carbocycles. The van der Waals surface area contributed by atoms with Gasteiger partial charge >= 0.3 is 0 Å². The molecule has 2 N–H and O–H groups in total. The Morgan fingerprint density at radius 3 is 2.71 bits per heavy atom. The highest BCUT2D eigenvalue weighted by atomic mass is 16.5. The van der Waals surface area contributed by atoms with Crippen LogP contribution in [0.1, 0.15) is 0 Å². The van der Waals surface area contributed by atoms with Gasteiger partial charge in [-0.05, 0) is 25.2 Å². The first-order valence-corrected chi connectivity index (χ1v) is 7.84. The highest BCUT2D eigenvalue weighted by Gasteiger charge is 2.23. The minimum atomic E-state index is 0.364. The van der Waals surface area contributed by atoms with E-state index in [0.29, 0.717) is 6.10 Å². The highest BCUT2D eigenvalue weighted by Crippen LogP contribution is 2.19. The first kappa shape index (κ1) is 14.6. The quantitative estimate of drug-likeness (QED) is 0.831. The van der Waals surface area contributed by atoms with Gasteiger partial charge in [0, 0.05) is 57.2 Å². The van der Waals surface area contributed by atoms with Crippen molar-refractivity contribution in [2.24, 2.45) is 0 Å². The lowest BCUT2D eigenvalue weighted by Gasteiger charge is -2.39. The molecule has 0 saturated carbocycles. The SMILES string of the molecule is CN1CCOC(CN2CCN(c3cccc(N)c3)CC2)C1. The van der Waals surface area contributed by atoms with Gasteiger partial charge in [0.15, 0.2) is 0 Å². The molecule has 1 unspecified atom stereocenters. The fourth-order valence-electron chi connectivity index (χ4n) is 3.18. The Hall–Kier alpha value is -1.30. The lowest BCUT2D eigenvalue weighted by Crippen LogP contribution is -2.52. The van der Waals surface area contributed by atoms with Crippen molar-refractivity contribution in [1.29, 1.82) is 0 Å². The van der Waals surface area contributed by atoms with Crippen molar-refractivity contribution >= 4 is 11.4 Å². The molecular weight excluding hydrogens is 264 g/mol. The lowest BCUT2D eigenvalue weighted by molar-refractivity contribution is -0.0361. The second-order valence-electron chi connectivity index (χ2n) is 6.14. The molecule has 116 valence electrons. The van der Waals surface area contributed by atoms with Crippen LogP contribution in [0.2, 0.25) is 0 Å². The number of rotatable bonds is 3. The van der Waals surface area contributed by atoms with E-state index < -0.39 is 0 Å². The molecule has 0 spiro atoms. The summed E-state index contributed by atoms with van der Waals surface area (Å²) in [6.45, 7) is 8.34. The number of piperazine rings is 1. The minimum Gasteiger partial charge on any atom is -0.399 e. The number of nitrogens with zero attached hydrogens (tertiary/aromatic N) is 3. The molecule has 2 aliphatic heterocycles. The normalized spacial score (nSPS) is 25.2. The molecule has 1 aromatic carbocycles. The van der Waals surface area contributed by atoms with E-state index in [2.05, 4.69) is 33.9 Å². The molecule has 5 nitrogen and oxygen atoms in total. The number of nitrogens with two attached hydrogens (primary N) is 1. The van der Waals surface area contributed by atoms with Crippen LogP contribution in [0.4, 0.5) is 11.4 Å². The van der Waals surface area contributed by atoms with E-state index in [1.54, 1.807) is 0 Å². The molecule has 2 saturated heterocycles. The third-order valence-electron chi connectivity index (χ3n) is 4.41. The first-order chi connectivity index (χ1) is 10.2. The van der Waals surface area contributed by atoms with Crippen molar-refractivity contribution in [2.45, 2.75) is 6.10 Å². The predicted molar refractivity (Wildman–Crippen MR) is 86.7 cm³/mol. The summed E-state index contributed by atoms with van der Waals surface area (Å²) in [5, 5.41) is 0. The average molecular weight is 290 g/mol. The molecule has 5 heteroatoms. The van der Waals surface area contributed by atoms with Crippen LogP contribution in [0.25, 0.3) is 0 Å². The van der Waals surface area contributed by atoms with E-state index in [1.807, 2.05) is 12.1 Å². The predicted octanol–water partition coefficient (Wildman–Crippen LogP) is 0.721. The monoisotopic (exact) mass is 290 g/mol. The van der Waals surface area contributed by atoms with Gasteiger partial charge in [0.25, 0.3) is 0 Å². The zero-order valence-electron chi connectivity index (χ0n) is 12.9. The van der Waals surface area contributed by atoms with Gasteiger partial charge in [-0.2, -0.15) is 0 Å². The van der Waals surface area contributed by atoms with E-state index in [0.717, 1.165) is 58.1 Å². The van der Waals surface area contributed by atoms with E-state index in [-0.39, 0.29) is 0 Å². The van der Waals surface area contributed by atoms with Gasteiger partial charge in [-0.1, -0.05) is 6.07 Å². The molecular formula is C16H26N4O. The fourth-order valence-corrected chi connectivity index (χ4v) is 3.18. The van der Waals surface area contributed by atoms with Crippen molar-refractivity contribution in [2.75, 3.05) is 70.1 Å². The summed E-state index contributed by atoms with van der Waals surface area (Å²) in [7, 11) is 2.17. The van der Waals surface area contributed by atoms with Crippen LogP contribution < -0.4 is 10.6 Å². The number of morpholine rings is 1.